The molecule has 0 aromatic rings. The number of amidine groups is 1. The van der Waals surface area contributed by atoms with Crippen LogP contribution in [0.1, 0.15) is 19.8 Å². The van der Waals surface area contributed by atoms with Crippen LogP contribution in [-0.4, -0.2) is 81.6 Å². The molecular formula is C19H28N10O5. The lowest BCUT2D eigenvalue weighted by atomic mass is 10.1. The minimum absolute atomic E-state index is 0.0658. The molecule has 1 amide bonds. The standard InChI is InChI=1S/C19H28N10O5/c1-3-17(26-28-22)32-10-16(30)23-6-4-5-13-8-29(11-24-19(13)20)18-7-14(33-12-25-27-21)15(34-18)9-31-2/h8,14-15,17-18H,3,6-7,9-12H2,1-2H3,(H2,20,24)(H,23,30). The van der Waals surface area contributed by atoms with Crippen molar-refractivity contribution in [2.75, 3.05) is 40.3 Å². The van der Waals surface area contributed by atoms with Gasteiger partial charge in [-0.05, 0) is 17.5 Å². The van der Waals surface area contributed by atoms with Gasteiger partial charge in [-0.25, -0.2) is 4.99 Å². The van der Waals surface area contributed by atoms with Crippen molar-refractivity contribution in [2.24, 2.45) is 21.0 Å². The molecule has 2 aliphatic rings. The SMILES string of the molecule is CCC(N=[N+]=[N-])OCC(=O)NCC#CC1=CN(C2CC(OCN=[N+]=[N-])C(COC)O2)CN=C1N. The molecule has 2 heterocycles. The molecule has 34 heavy (non-hydrogen) atoms. The van der Waals surface area contributed by atoms with Crippen molar-refractivity contribution in [3.8, 4) is 11.8 Å². The fourth-order valence-corrected chi connectivity index (χ4v) is 3.13. The van der Waals surface area contributed by atoms with Crippen molar-refractivity contribution in [2.45, 2.75) is 44.4 Å². The van der Waals surface area contributed by atoms with Gasteiger partial charge >= 0.3 is 0 Å². The molecule has 15 heteroatoms. The zero-order chi connectivity index (χ0) is 24.8. The van der Waals surface area contributed by atoms with Crippen molar-refractivity contribution in [3.05, 3.63) is 32.7 Å². The fourth-order valence-electron chi connectivity index (χ4n) is 3.13. The number of hydrogen-bond acceptors (Lipinski definition) is 10. The summed E-state index contributed by atoms with van der Waals surface area (Å²) in [5.74, 6) is 5.60. The first-order valence-corrected chi connectivity index (χ1v) is 10.5. The smallest absolute Gasteiger partial charge is 0.246 e. The minimum atomic E-state index is -0.693. The summed E-state index contributed by atoms with van der Waals surface area (Å²) < 4.78 is 22.0. The highest BCUT2D eigenvalue weighted by Crippen LogP contribution is 2.27. The van der Waals surface area contributed by atoms with E-state index in [1.807, 2.05) is 4.90 Å². The lowest BCUT2D eigenvalue weighted by molar-refractivity contribution is -0.127. The van der Waals surface area contributed by atoms with E-state index in [1.165, 1.54) is 0 Å². The van der Waals surface area contributed by atoms with Crippen LogP contribution in [0, 0.1) is 11.8 Å². The Labute approximate surface area is 196 Å². The van der Waals surface area contributed by atoms with Crippen LogP contribution in [0.25, 0.3) is 20.9 Å². The molecule has 0 spiro atoms. The van der Waals surface area contributed by atoms with Gasteiger partial charge in [0.1, 0.15) is 44.4 Å². The van der Waals surface area contributed by atoms with E-state index < -0.39 is 12.1 Å². The summed E-state index contributed by atoms with van der Waals surface area (Å²) >= 11 is 0. The summed E-state index contributed by atoms with van der Waals surface area (Å²) in [6.45, 7) is 2.10. The Morgan fingerprint density at radius 3 is 3.03 bits per heavy atom. The molecule has 0 radical (unpaired) electrons. The third-order valence-corrected chi connectivity index (χ3v) is 4.80. The monoisotopic (exact) mass is 476 g/mol. The highest BCUT2D eigenvalue weighted by atomic mass is 16.6. The Bertz CT molecular complexity index is 916. The maximum Gasteiger partial charge on any atom is 0.246 e. The molecule has 0 saturated carbocycles. The number of nitrogens with two attached hydrogens (primary N) is 1. The summed E-state index contributed by atoms with van der Waals surface area (Å²) in [7, 11) is 1.56. The Balaban J connectivity index is 1.91. The average Bonchev–Trinajstić information content (AvgIpc) is 3.23. The van der Waals surface area contributed by atoms with E-state index in [4.69, 9.17) is 35.7 Å². The molecule has 184 valence electrons. The van der Waals surface area contributed by atoms with Crippen LogP contribution < -0.4 is 11.1 Å². The van der Waals surface area contributed by atoms with Gasteiger partial charge in [0.05, 0.1) is 24.8 Å². The first-order chi connectivity index (χ1) is 16.5. The van der Waals surface area contributed by atoms with Crippen LogP contribution in [-0.2, 0) is 23.7 Å². The van der Waals surface area contributed by atoms with E-state index in [0.29, 0.717) is 25.0 Å². The lowest BCUT2D eigenvalue weighted by Crippen LogP contribution is -2.36. The molecule has 0 bridgehead atoms. The van der Waals surface area contributed by atoms with E-state index >= 15 is 0 Å². The highest BCUT2D eigenvalue weighted by Gasteiger charge is 2.38. The van der Waals surface area contributed by atoms with E-state index in [9.17, 15) is 4.79 Å². The largest absolute Gasteiger partial charge is 0.383 e. The van der Waals surface area contributed by atoms with E-state index in [-0.39, 0.29) is 50.8 Å². The van der Waals surface area contributed by atoms with Gasteiger partial charge in [-0.2, -0.15) is 0 Å². The van der Waals surface area contributed by atoms with Crippen LogP contribution >= 0.6 is 0 Å². The van der Waals surface area contributed by atoms with Crippen LogP contribution in [0.4, 0.5) is 0 Å². The van der Waals surface area contributed by atoms with Crippen molar-refractivity contribution < 1.29 is 23.7 Å². The van der Waals surface area contributed by atoms with Crippen molar-refractivity contribution >= 4 is 11.7 Å². The summed E-state index contributed by atoms with van der Waals surface area (Å²) in [5, 5.41) is 9.42. The second-order valence-corrected chi connectivity index (χ2v) is 7.08. The van der Waals surface area contributed by atoms with Crippen molar-refractivity contribution in [1.82, 2.24) is 10.2 Å². The number of rotatable bonds is 12. The molecule has 1 saturated heterocycles. The average molecular weight is 476 g/mol. The third kappa shape index (κ3) is 8.45. The molecule has 0 aromatic carbocycles. The van der Waals surface area contributed by atoms with Gasteiger partial charge in [-0.15, -0.1) is 0 Å². The molecule has 15 nitrogen and oxygen atoms in total. The molecular weight excluding hydrogens is 448 g/mol. The van der Waals surface area contributed by atoms with Crippen LogP contribution in [0.5, 0.6) is 0 Å². The fraction of sp³-hybridized carbons (Fsp3) is 0.684. The van der Waals surface area contributed by atoms with Gasteiger partial charge in [0.2, 0.25) is 5.91 Å². The molecule has 1 fully saturated rings. The maximum absolute atomic E-state index is 11.8. The Morgan fingerprint density at radius 1 is 1.50 bits per heavy atom. The number of carbonyl (C=O) groups is 1. The van der Waals surface area contributed by atoms with Gasteiger partial charge < -0.3 is 34.9 Å². The van der Waals surface area contributed by atoms with Gasteiger partial charge in [0.25, 0.3) is 0 Å². The Morgan fingerprint density at radius 2 is 2.32 bits per heavy atom. The zero-order valence-electron chi connectivity index (χ0n) is 19.0. The predicted molar refractivity (Wildman–Crippen MR) is 120 cm³/mol. The van der Waals surface area contributed by atoms with E-state index in [1.54, 1.807) is 20.2 Å². The Kier molecular flexibility index (Phi) is 11.5. The van der Waals surface area contributed by atoms with Crippen molar-refractivity contribution in [1.29, 1.82) is 0 Å². The minimum Gasteiger partial charge on any atom is -0.383 e. The van der Waals surface area contributed by atoms with Gasteiger partial charge in [0.15, 0.2) is 0 Å². The number of azide groups is 2. The second-order valence-electron chi connectivity index (χ2n) is 7.08. The van der Waals surface area contributed by atoms with Crippen LogP contribution in [0.3, 0.4) is 0 Å². The number of carbonyl (C=O) groups excluding carboxylic acids is 1. The summed E-state index contributed by atoms with van der Waals surface area (Å²) in [6.07, 6.45) is 1.01. The van der Waals surface area contributed by atoms with Gasteiger partial charge in [-0.1, -0.05) is 29.0 Å². The number of aliphatic imine (C=N–C) groups is 1. The first kappa shape index (κ1) is 26.7. The van der Waals surface area contributed by atoms with Crippen LogP contribution in [0.2, 0.25) is 0 Å². The lowest BCUT2D eigenvalue weighted by Gasteiger charge is -2.28. The maximum atomic E-state index is 11.8. The zero-order valence-corrected chi connectivity index (χ0v) is 19.0. The number of amides is 1. The molecule has 4 atom stereocenters. The van der Waals surface area contributed by atoms with Gasteiger partial charge in [-0.3, -0.25) is 4.79 Å². The molecule has 2 aliphatic heterocycles. The summed E-state index contributed by atoms with van der Waals surface area (Å²) in [4.78, 5) is 23.3. The predicted octanol–water partition coefficient (Wildman–Crippen LogP) is 1.10. The quantitative estimate of drug-likeness (QED) is 0.181. The molecule has 3 N–H and O–H groups in total. The first-order valence-electron chi connectivity index (χ1n) is 10.5. The number of hydrogen-bond donors (Lipinski definition) is 2. The molecule has 4 unspecified atom stereocenters. The van der Waals surface area contributed by atoms with Gasteiger partial charge in [0, 0.05) is 29.6 Å². The molecule has 2 rings (SSSR count). The van der Waals surface area contributed by atoms with E-state index in [2.05, 4.69) is 42.2 Å². The number of nitrogens with zero attached hydrogens (tertiary/aromatic N) is 8. The topological polar surface area (TPSA) is 205 Å². The Hall–Kier alpha value is -3.50. The van der Waals surface area contributed by atoms with E-state index in [0.717, 1.165) is 0 Å². The summed E-state index contributed by atoms with van der Waals surface area (Å²) in [6, 6.07) is 0. The third-order valence-electron chi connectivity index (χ3n) is 4.80. The van der Waals surface area contributed by atoms with Crippen molar-refractivity contribution in [3.63, 3.8) is 0 Å². The summed E-state index contributed by atoms with van der Waals surface area (Å²) in [5.41, 5.74) is 23.3. The second kappa shape index (κ2) is 14.6. The number of ether oxygens (including phenoxy) is 4. The van der Waals surface area contributed by atoms with Crippen LogP contribution in [0.15, 0.2) is 27.0 Å². The number of nitrogens with one attached hydrogen (secondary N) is 1. The molecule has 0 aromatic heterocycles. The number of methoxy groups -OCH3 is 1. The highest BCUT2D eigenvalue weighted by molar-refractivity contribution is 6.01. The molecule has 0 aliphatic carbocycles. The normalized spacial score (nSPS) is 22.3.